The van der Waals surface area contributed by atoms with Gasteiger partial charge < -0.3 is 28.4 Å². The van der Waals surface area contributed by atoms with E-state index in [1.54, 1.807) is 133 Å². The Morgan fingerprint density at radius 2 is 1.34 bits per heavy atom. The van der Waals surface area contributed by atoms with Gasteiger partial charge in [0.15, 0.2) is 9.79 Å². The Bertz CT molecular complexity index is 2900. The van der Waals surface area contributed by atoms with Crippen molar-refractivity contribution in [1.82, 2.24) is 39.0 Å². The van der Waals surface area contributed by atoms with Gasteiger partial charge >= 0.3 is 6.09 Å². The van der Waals surface area contributed by atoms with E-state index < -0.39 is 57.0 Å². The Balaban J connectivity index is 1.19. The molecule has 1 N–H and O–H groups in total. The highest BCUT2D eigenvalue weighted by Gasteiger charge is 2.45. The number of imide groups is 1. The Kier molecular flexibility index (Phi) is 15.1. The van der Waals surface area contributed by atoms with E-state index in [2.05, 4.69) is 20.1 Å². The first-order valence-corrected chi connectivity index (χ1v) is 25.8. The van der Waals surface area contributed by atoms with Crippen LogP contribution in [-0.4, -0.2) is 117 Å². The summed E-state index contributed by atoms with van der Waals surface area (Å²) in [5.74, 6) is 0.833. The van der Waals surface area contributed by atoms with E-state index in [1.807, 2.05) is 34.7 Å². The van der Waals surface area contributed by atoms with Crippen LogP contribution < -0.4 is 18.9 Å². The predicted molar refractivity (Wildman–Crippen MR) is 267 cm³/mol. The monoisotopic (exact) mass is 1100 g/mol. The molecule has 21 heteroatoms. The van der Waals surface area contributed by atoms with Gasteiger partial charge in [-0.3, -0.25) is 14.5 Å². The zero-order valence-corrected chi connectivity index (χ0v) is 43.0. The molecule has 0 bridgehead atoms. The molecule has 1 aromatic heterocycles. The lowest BCUT2D eigenvalue weighted by Gasteiger charge is -2.30. The number of amides is 3. The van der Waals surface area contributed by atoms with Gasteiger partial charge in [0.05, 0.1) is 68.0 Å². The number of ether oxygens (including phenoxy) is 4. The average molecular weight is 1100 g/mol. The van der Waals surface area contributed by atoms with Crippen molar-refractivity contribution in [3.8, 4) is 28.6 Å². The molecule has 1 fully saturated rings. The molecule has 0 spiro atoms. The molecule has 1 saturated heterocycles. The third-order valence-corrected chi connectivity index (χ3v) is 15.8. The molecule has 3 atom stereocenters. The van der Waals surface area contributed by atoms with Crippen LogP contribution in [0.2, 0.25) is 0 Å². The fourth-order valence-electron chi connectivity index (χ4n) is 8.23. The number of carbonyl (C=O) groups is 3. The molecule has 18 nitrogen and oxygen atoms in total. The molecule has 70 heavy (non-hydrogen) atoms. The second kappa shape index (κ2) is 21.1. The van der Waals surface area contributed by atoms with Gasteiger partial charge in [-0.15, -0.1) is 14.9 Å². The lowest BCUT2D eigenvalue weighted by atomic mass is 10.1. The Morgan fingerprint density at radius 1 is 0.814 bits per heavy atom. The number of fused-ring (bicyclic) bond motifs is 1. The van der Waals surface area contributed by atoms with Crippen molar-refractivity contribution in [2.45, 2.75) is 74.3 Å². The molecule has 2 aliphatic rings. The van der Waals surface area contributed by atoms with Crippen LogP contribution in [0.15, 0.2) is 119 Å². The zero-order chi connectivity index (χ0) is 49.9. The van der Waals surface area contributed by atoms with E-state index in [-0.39, 0.29) is 71.5 Å². The Hall–Kier alpha value is -6.11. The number of carbonyl (C=O) groups excluding carboxylic acids is 3. The van der Waals surface area contributed by atoms with Crippen molar-refractivity contribution in [3.63, 3.8) is 0 Å². The summed E-state index contributed by atoms with van der Waals surface area (Å²) in [5, 5.41) is 13.4. The minimum Gasteiger partial charge on any atom is -0.593 e. The van der Waals surface area contributed by atoms with Gasteiger partial charge in [0.25, 0.3) is 11.8 Å². The number of likely N-dealkylation sites (tertiary alicyclic amines) is 1. The topological polar surface area (TPSA) is 211 Å². The molecule has 6 aromatic rings. The van der Waals surface area contributed by atoms with Crippen molar-refractivity contribution in [2.24, 2.45) is 0 Å². The van der Waals surface area contributed by atoms with Gasteiger partial charge in [-0.2, -0.15) is 9.10 Å². The summed E-state index contributed by atoms with van der Waals surface area (Å²) in [5.41, 5.74) is 1.83. The van der Waals surface area contributed by atoms with Crippen LogP contribution in [0.25, 0.3) is 11.4 Å². The molecular weight excluding hydrogens is 1050 g/mol. The van der Waals surface area contributed by atoms with E-state index in [4.69, 9.17) is 18.9 Å². The molecule has 3 heterocycles. The number of rotatable bonds is 17. The van der Waals surface area contributed by atoms with Crippen molar-refractivity contribution in [1.29, 1.82) is 0 Å². The zero-order valence-electron chi connectivity index (χ0n) is 39.2. The van der Waals surface area contributed by atoms with Crippen LogP contribution in [0.4, 0.5) is 4.79 Å². The molecule has 5 aromatic carbocycles. The first-order chi connectivity index (χ1) is 33.5. The lowest BCUT2D eigenvalue weighted by Crippen LogP contribution is -2.46. The minimum atomic E-state index is -4.67. The van der Waals surface area contributed by atoms with E-state index in [0.717, 1.165) is 10.5 Å². The second-order valence-electron chi connectivity index (χ2n) is 17.6. The number of aromatic nitrogens is 4. The first-order valence-electron chi connectivity index (χ1n) is 22.1. The fraction of sp³-hybridized carbons (Fsp3) is 0.306. The molecule has 0 saturated carbocycles. The molecule has 3 amide bonds. The van der Waals surface area contributed by atoms with Gasteiger partial charge in [-0.05, 0) is 132 Å². The van der Waals surface area contributed by atoms with Crippen molar-refractivity contribution in [3.05, 3.63) is 141 Å². The van der Waals surface area contributed by atoms with E-state index in [9.17, 15) is 14.4 Å². The standard InChI is InChI=1S/C49H51IN8O10S2/c1-49(2,3)68-48(61)56-29-34(25-35(56)30-57-46(59)39-9-7-8-10-40(39)47(57)60)53-69(62)42-24-23-41(50)43(45-51-54-58(52-45)28-33-15-21-38(67-6)22-16-33)44(42)70(63,64)55(26-31-11-17-36(65-4)18-12-31)27-32-13-19-37(66-5)20-14-32/h7-24,34-35,53H,25-30H2,1-6H3/t34-,35+,69?/m1/s1. The maximum atomic E-state index is 15.8. The third kappa shape index (κ3) is 11.1. The summed E-state index contributed by atoms with van der Waals surface area (Å²) in [6.45, 7) is 4.95. The summed E-state index contributed by atoms with van der Waals surface area (Å²) in [7, 11) is -0.0133. The smallest absolute Gasteiger partial charge is 0.410 e. The number of hydrogen-bond acceptors (Lipinski definition) is 14. The van der Waals surface area contributed by atoms with Crippen LogP contribution in [0, 0.1) is 3.57 Å². The predicted octanol–water partition coefficient (Wildman–Crippen LogP) is 6.70. The summed E-state index contributed by atoms with van der Waals surface area (Å²) in [6, 6.07) is 29.5. The van der Waals surface area contributed by atoms with Crippen LogP contribution in [-0.2, 0) is 45.8 Å². The maximum Gasteiger partial charge on any atom is 0.410 e. The van der Waals surface area contributed by atoms with Crippen molar-refractivity contribution >= 4 is 61.9 Å². The number of benzene rings is 5. The SMILES string of the molecule is COc1ccc(CN(Cc2ccc(OC)cc2)S(=O)(=O)c2c([S+]([O-])N[C@@H]3C[C@@H](CN4C(=O)c5ccccc5C4=O)N(C(=O)OC(C)(C)C)C3)ccc(I)c2-c2nnn(Cc3ccc(OC)cc3)n2)cc1. The van der Waals surface area contributed by atoms with Gasteiger partial charge in [0, 0.05) is 29.7 Å². The number of nitrogens with one attached hydrogen (secondary N) is 1. The molecular formula is C49H51IN8O10S2. The molecule has 366 valence electrons. The third-order valence-electron chi connectivity index (χ3n) is 11.7. The maximum absolute atomic E-state index is 15.8. The van der Waals surface area contributed by atoms with Gasteiger partial charge in [-0.25, -0.2) is 13.2 Å². The normalized spacial score (nSPS) is 16.4. The van der Waals surface area contributed by atoms with Crippen molar-refractivity contribution in [2.75, 3.05) is 34.4 Å². The summed E-state index contributed by atoms with van der Waals surface area (Å²) < 4.78 is 73.4. The highest BCUT2D eigenvalue weighted by Crippen LogP contribution is 2.39. The van der Waals surface area contributed by atoms with E-state index >= 15 is 13.0 Å². The molecule has 8 rings (SSSR count). The second-order valence-corrected chi connectivity index (χ2v) is 21.8. The number of tetrazole rings is 1. The molecule has 0 aliphatic carbocycles. The number of nitrogens with zero attached hydrogens (tertiary/aromatic N) is 7. The van der Waals surface area contributed by atoms with Gasteiger partial charge in [0.1, 0.15) is 22.8 Å². The van der Waals surface area contributed by atoms with E-state index in [0.29, 0.717) is 31.9 Å². The number of methoxy groups -OCH3 is 3. The largest absolute Gasteiger partial charge is 0.593 e. The average Bonchev–Trinajstić information content (AvgIpc) is 4.04. The lowest BCUT2D eigenvalue weighted by molar-refractivity contribution is 0.0189. The van der Waals surface area contributed by atoms with E-state index in [1.165, 1.54) is 20.1 Å². The fourth-order valence-corrected chi connectivity index (χ4v) is 12.4. The summed E-state index contributed by atoms with van der Waals surface area (Å²) >= 11 is -0.278. The summed E-state index contributed by atoms with van der Waals surface area (Å²) in [4.78, 5) is 44.3. The molecule has 2 aliphatic heterocycles. The van der Waals surface area contributed by atoms with Crippen LogP contribution in [0.3, 0.4) is 0 Å². The minimum absolute atomic E-state index is 0.0258. The Morgan fingerprint density at radius 3 is 1.86 bits per heavy atom. The van der Waals surface area contributed by atoms with Crippen LogP contribution in [0.1, 0.15) is 64.6 Å². The van der Waals surface area contributed by atoms with Gasteiger partial charge in [0.2, 0.25) is 15.8 Å². The summed E-state index contributed by atoms with van der Waals surface area (Å²) in [6.07, 6.45) is -0.569. The van der Waals surface area contributed by atoms with Crippen LogP contribution in [0.5, 0.6) is 17.2 Å². The highest BCUT2D eigenvalue weighted by atomic mass is 127. The number of sulfonamides is 1. The molecule has 1 unspecified atom stereocenters. The van der Waals surface area contributed by atoms with Crippen LogP contribution >= 0.6 is 22.6 Å². The van der Waals surface area contributed by atoms with Gasteiger partial charge in [-0.1, -0.05) is 48.5 Å². The number of halogens is 1. The van der Waals surface area contributed by atoms with Crippen molar-refractivity contribution < 1.29 is 46.3 Å². The number of hydrogen-bond donors (Lipinski definition) is 1. The first kappa shape index (κ1) is 50.3. The quantitative estimate of drug-likeness (QED) is 0.0573. The molecule has 0 radical (unpaired) electrons. The highest BCUT2D eigenvalue weighted by molar-refractivity contribution is 14.1. The Labute approximate surface area is 422 Å².